The molecule has 2 aliphatic rings. The summed E-state index contributed by atoms with van der Waals surface area (Å²) >= 11 is 0. The molecule has 2 atom stereocenters. The summed E-state index contributed by atoms with van der Waals surface area (Å²) in [6.45, 7) is 2.14. The lowest BCUT2D eigenvalue weighted by Gasteiger charge is -2.35. The highest BCUT2D eigenvalue weighted by atomic mass is 16.1. The van der Waals surface area contributed by atoms with Gasteiger partial charge in [-0.3, -0.25) is 4.79 Å². The van der Waals surface area contributed by atoms with E-state index < -0.39 is 0 Å². The highest BCUT2D eigenvalue weighted by Crippen LogP contribution is 2.43. The summed E-state index contributed by atoms with van der Waals surface area (Å²) in [5, 5.41) is 0. The van der Waals surface area contributed by atoms with E-state index in [0.29, 0.717) is 0 Å². The van der Waals surface area contributed by atoms with Crippen LogP contribution in [0.5, 0.6) is 0 Å². The number of amides is 1. The summed E-state index contributed by atoms with van der Waals surface area (Å²) in [6, 6.07) is 0. The predicted molar refractivity (Wildman–Crippen MR) is 56.1 cm³/mol. The Bertz CT molecular complexity index is 330. The SMILES string of the molecule is CN(C)C1=NC(=O)C2C=CCCC12C. The van der Waals surface area contributed by atoms with Crippen LogP contribution in [-0.2, 0) is 4.79 Å². The minimum atomic E-state index is -0.0602. The Morgan fingerprint density at radius 1 is 1.57 bits per heavy atom. The summed E-state index contributed by atoms with van der Waals surface area (Å²) in [6.07, 6.45) is 6.19. The molecular formula is C11H16N2O. The van der Waals surface area contributed by atoms with Gasteiger partial charge in [0, 0.05) is 19.5 Å². The van der Waals surface area contributed by atoms with Crippen LogP contribution in [-0.4, -0.2) is 30.7 Å². The summed E-state index contributed by atoms with van der Waals surface area (Å²) in [5.41, 5.74) is -0.0602. The molecule has 1 heterocycles. The quantitative estimate of drug-likeness (QED) is 0.544. The second-order valence-electron chi connectivity index (χ2n) is 4.53. The third-order valence-corrected chi connectivity index (χ3v) is 3.26. The number of hydrogen-bond acceptors (Lipinski definition) is 2. The molecule has 0 N–H and O–H groups in total. The van der Waals surface area contributed by atoms with Crippen LogP contribution >= 0.6 is 0 Å². The molecule has 0 fully saturated rings. The Kier molecular flexibility index (Phi) is 1.98. The molecule has 0 aromatic carbocycles. The number of hydrogen-bond donors (Lipinski definition) is 0. The van der Waals surface area contributed by atoms with E-state index in [1.807, 2.05) is 25.1 Å². The van der Waals surface area contributed by atoms with E-state index in [2.05, 4.69) is 18.0 Å². The highest BCUT2D eigenvalue weighted by molar-refractivity contribution is 6.07. The van der Waals surface area contributed by atoms with E-state index >= 15 is 0 Å². The van der Waals surface area contributed by atoms with E-state index in [4.69, 9.17) is 0 Å². The minimum Gasteiger partial charge on any atom is -0.366 e. The first-order valence-corrected chi connectivity index (χ1v) is 5.03. The number of allylic oxidation sites excluding steroid dienone is 1. The van der Waals surface area contributed by atoms with Gasteiger partial charge in [-0.1, -0.05) is 19.1 Å². The average Bonchev–Trinajstić information content (AvgIpc) is 2.39. The maximum atomic E-state index is 11.7. The second-order valence-corrected chi connectivity index (χ2v) is 4.53. The number of amidine groups is 1. The van der Waals surface area contributed by atoms with Gasteiger partial charge in [-0.15, -0.1) is 0 Å². The van der Waals surface area contributed by atoms with Crippen LogP contribution < -0.4 is 0 Å². The molecule has 76 valence electrons. The molecule has 0 aromatic heterocycles. The first kappa shape index (κ1) is 9.44. The van der Waals surface area contributed by atoms with Crippen molar-refractivity contribution >= 4 is 11.7 Å². The fraction of sp³-hybridized carbons (Fsp3) is 0.636. The zero-order chi connectivity index (χ0) is 10.3. The topological polar surface area (TPSA) is 32.7 Å². The zero-order valence-corrected chi connectivity index (χ0v) is 8.95. The van der Waals surface area contributed by atoms with Crippen molar-refractivity contribution in [3.8, 4) is 0 Å². The lowest BCUT2D eigenvalue weighted by molar-refractivity contribution is -0.121. The van der Waals surface area contributed by atoms with Crippen molar-refractivity contribution in [3.05, 3.63) is 12.2 Å². The molecule has 3 heteroatoms. The molecule has 2 unspecified atom stereocenters. The largest absolute Gasteiger partial charge is 0.366 e. The van der Waals surface area contributed by atoms with Crippen LogP contribution in [0, 0.1) is 11.3 Å². The summed E-state index contributed by atoms with van der Waals surface area (Å²) in [7, 11) is 3.91. The lowest BCUT2D eigenvalue weighted by atomic mass is 9.71. The first-order valence-electron chi connectivity index (χ1n) is 5.03. The standard InChI is InChI=1S/C11H16N2O/c1-11-7-5-4-6-8(11)9(14)12-10(11)13(2)3/h4,6,8H,5,7H2,1-3H3. The lowest BCUT2D eigenvalue weighted by Crippen LogP contribution is -2.40. The third kappa shape index (κ3) is 1.11. The van der Waals surface area contributed by atoms with E-state index in [1.54, 1.807) is 0 Å². The number of carbonyl (C=O) groups excluding carboxylic acids is 1. The molecule has 14 heavy (non-hydrogen) atoms. The van der Waals surface area contributed by atoms with Gasteiger partial charge >= 0.3 is 0 Å². The van der Waals surface area contributed by atoms with Crippen molar-refractivity contribution < 1.29 is 4.79 Å². The smallest absolute Gasteiger partial charge is 0.255 e. The Balaban J connectivity index is 2.42. The van der Waals surface area contributed by atoms with Crippen molar-refractivity contribution in [2.24, 2.45) is 16.3 Å². The van der Waals surface area contributed by atoms with Gasteiger partial charge in [0.25, 0.3) is 5.91 Å². The minimum absolute atomic E-state index is 0.0198. The van der Waals surface area contributed by atoms with Gasteiger partial charge < -0.3 is 4.90 Å². The van der Waals surface area contributed by atoms with E-state index in [9.17, 15) is 4.79 Å². The van der Waals surface area contributed by atoms with Crippen molar-refractivity contribution in [2.45, 2.75) is 19.8 Å². The van der Waals surface area contributed by atoms with E-state index in [0.717, 1.165) is 18.7 Å². The van der Waals surface area contributed by atoms with Crippen LogP contribution in [0.15, 0.2) is 17.1 Å². The molecule has 0 saturated heterocycles. The maximum Gasteiger partial charge on any atom is 0.255 e. The number of rotatable bonds is 0. The van der Waals surface area contributed by atoms with Crippen molar-refractivity contribution in [2.75, 3.05) is 14.1 Å². The molecule has 0 bridgehead atoms. The Labute approximate surface area is 84.5 Å². The zero-order valence-electron chi connectivity index (χ0n) is 8.95. The molecule has 2 rings (SSSR count). The Morgan fingerprint density at radius 2 is 2.29 bits per heavy atom. The molecular weight excluding hydrogens is 176 g/mol. The van der Waals surface area contributed by atoms with Gasteiger partial charge in [0.2, 0.25) is 0 Å². The summed E-state index contributed by atoms with van der Waals surface area (Å²) in [4.78, 5) is 17.8. The Hall–Kier alpha value is -1.12. The van der Waals surface area contributed by atoms with Crippen LogP contribution in [0.4, 0.5) is 0 Å². The first-order chi connectivity index (χ1) is 6.55. The number of aliphatic imine (C=N–C) groups is 1. The number of fused-ring (bicyclic) bond motifs is 1. The number of nitrogens with zero attached hydrogens (tertiary/aromatic N) is 2. The van der Waals surface area contributed by atoms with E-state index in [1.165, 1.54) is 0 Å². The normalized spacial score (nSPS) is 35.5. The van der Waals surface area contributed by atoms with E-state index in [-0.39, 0.29) is 17.2 Å². The van der Waals surface area contributed by atoms with Crippen molar-refractivity contribution in [3.63, 3.8) is 0 Å². The molecule has 1 amide bonds. The van der Waals surface area contributed by atoms with Crippen molar-refractivity contribution in [1.29, 1.82) is 0 Å². The summed E-state index contributed by atoms with van der Waals surface area (Å²) < 4.78 is 0. The molecule has 1 aliphatic heterocycles. The molecule has 0 aromatic rings. The number of carbonyl (C=O) groups is 1. The van der Waals surface area contributed by atoms with Crippen LogP contribution in [0.1, 0.15) is 19.8 Å². The fourth-order valence-corrected chi connectivity index (χ4v) is 2.50. The molecule has 3 nitrogen and oxygen atoms in total. The van der Waals surface area contributed by atoms with Gasteiger partial charge in [-0.2, -0.15) is 4.99 Å². The van der Waals surface area contributed by atoms with Crippen molar-refractivity contribution in [1.82, 2.24) is 4.90 Å². The molecule has 0 spiro atoms. The highest BCUT2D eigenvalue weighted by Gasteiger charge is 2.48. The van der Waals surface area contributed by atoms with Crippen LogP contribution in [0.2, 0.25) is 0 Å². The maximum absolute atomic E-state index is 11.7. The Morgan fingerprint density at radius 3 is 2.93 bits per heavy atom. The monoisotopic (exact) mass is 192 g/mol. The van der Waals surface area contributed by atoms with Gasteiger partial charge in [-0.05, 0) is 12.8 Å². The van der Waals surface area contributed by atoms with Crippen LogP contribution in [0.25, 0.3) is 0 Å². The fourth-order valence-electron chi connectivity index (χ4n) is 2.50. The summed E-state index contributed by atoms with van der Waals surface area (Å²) in [5.74, 6) is 0.942. The molecule has 1 aliphatic carbocycles. The average molecular weight is 192 g/mol. The predicted octanol–water partition coefficient (Wildman–Crippen LogP) is 1.46. The van der Waals surface area contributed by atoms with Gasteiger partial charge in [0.05, 0.1) is 5.92 Å². The molecule has 0 saturated carbocycles. The van der Waals surface area contributed by atoms with Crippen LogP contribution in [0.3, 0.4) is 0 Å². The second kappa shape index (κ2) is 2.94. The molecule has 0 radical (unpaired) electrons. The van der Waals surface area contributed by atoms with Gasteiger partial charge in [0.15, 0.2) is 0 Å². The van der Waals surface area contributed by atoms with Gasteiger partial charge in [0.1, 0.15) is 5.84 Å². The van der Waals surface area contributed by atoms with Gasteiger partial charge in [-0.25, -0.2) is 0 Å². The third-order valence-electron chi connectivity index (χ3n) is 3.26.